The average Bonchev–Trinajstić information content (AvgIpc) is 2.64. The minimum absolute atomic E-state index is 0.0538. The van der Waals surface area contributed by atoms with Crippen molar-refractivity contribution in [3.8, 4) is 0 Å². The zero-order valence-electron chi connectivity index (χ0n) is 15.6. The second kappa shape index (κ2) is 6.72. The Kier molecular flexibility index (Phi) is 5.72. The molecule has 1 amide bonds. The van der Waals surface area contributed by atoms with Crippen LogP contribution in [0.3, 0.4) is 0 Å². The number of ether oxygens (including phenoxy) is 1. The molecule has 0 bridgehead atoms. The van der Waals surface area contributed by atoms with Gasteiger partial charge in [0.25, 0.3) is 0 Å². The van der Waals surface area contributed by atoms with Crippen molar-refractivity contribution < 1.29 is 22.5 Å². The largest absolute Gasteiger partial charge is 0.444 e. The number of nitrogens with one attached hydrogen (secondary N) is 1. The molecular formula is C15H27N3O5S. The van der Waals surface area contributed by atoms with E-state index in [1.54, 1.807) is 48.5 Å². The highest BCUT2D eigenvalue weighted by molar-refractivity contribution is 7.89. The summed E-state index contributed by atoms with van der Waals surface area (Å²) in [6, 6.07) is 0. The molecule has 8 nitrogen and oxygen atoms in total. The van der Waals surface area contributed by atoms with Gasteiger partial charge in [-0.15, -0.1) is 0 Å². The Labute approximate surface area is 143 Å². The average molecular weight is 361 g/mol. The van der Waals surface area contributed by atoms with Gasteiger partial charge in [0.15, 0.2) is 5.76 Å². The third-order valence-electron chi connectivity index (χ3n) is 3.09. The van der Waals surface area contributed by atoms with E-state index in [2.05, 4.69) is 10.5 Å². The summed E-state index contributed by atoms with van der Waals surface area (Å²) in [5.41, 5.74) is -1.16. The van der Waals surface area contributed by atoms with E-state index in [1.807, 2.05) is 0 Å². The molecule has 1 aromatic rings. The van der Waals surface area contributed by atoms with Crippen LogP contribution in [0.15, 0.2) is 9.42 Å². The van der Waals surface area contributed by atoms with E-state index >= 15 is 0 Å². The number of amides is 1. The number of hydrogen-bond acceptors (Lipinski definition) is 6. The fourth-order valence-corrected chi connectivity index (χ4v) is 3.88. The maximum Gasteiger partial charge on any atom is 0.408 e. The molecule has 0 aliphatic heterocycles. The number of sulfonamides is 1. The summed E-state index contributed by atoms with van der Waals surface area (Å²) in [6.07, 6.45) is -0.601. The molecule has 24 heavy (non-hydrogen) atoms. The molecule has 0 spiro atoms. The fourth-order valence-electron chi connectivity index (χ4n) is 2.26. The van der Waals surface area contributed by atoms with Crippen molar-refractivity contribution >= 4 is 16.1 Å². The second-order valence-corrected chi connectivity index (χ2v) is 9.41. The van der Waals surface area contributed by atoms with Gasteiger partial charge in [-0.2, -0.15) is 4.31 Å². The van der Waals surface area contributed by atoms with Gasteiger partial charge in [0, 0.05) is 13.6 Å². The fraction of sp³-hybridized carbons (Fsp3) is 0.733. The Balaban J connectivity index is 2.89. The number of aromatic nitrogens is 1. The van der Waals surface area contributed by atoms with Crippen LogP contribution in [0, 0.1) is 13.8 Å². The molecule has 1 rings (SSSR count). The zero-order valence-corrected chi connectivity index (χ0v) is 16.4. The van der Waals surface area contributed by atoms with Gasteiger partial charge >= 0.3 is 6.09 Å². The molecule has 0 unspecified atom stereocenters. The van der Waals surface area contributed by atoms with Crippen LogP contribution in [0.25, 0.3) is 0 Å². The number of nitrogens with zero attached hydrogens (tertiary/aromatic N) is 2. The van der Waals surface area contributed by atoms with Gasteiger partial charge in [-0.25, -0.2) is 13.2 Å². The Bertz CT molecular complexity index is 682. The lowest BCUT2D eigenvalue weighted by Gasteiger charge is -2.31. The van der Waals surface area contributed by atoms with Crippen molar-refractivity contribution in [2.75, 3.05) is 13.6 Å². The molecule has 0 radical (unpaired) electrons. The molecule has 0 aliphatic rings. The summed E-state index contributed by atoms with van der Waals surface area (Å²) in [5, 5.41) is 6.36. The van der Waals surface area contributed by atoms with Gasteiger partial charge in [0.2, 0.25) is 10.0 Å². The van der Waals surface area contributed by atoms with Crippen molar-refractivity contribution in [2.45, 2.75) is 64.5 Å². The van der Waals surface area contributed by atoms with Crippen LogP contribution in [0.2, 0.25) is 0 Å². The molecule has 0 atom stereocenters. The molecule has 0 aromatic carbocycles. The molecule has 9 heteroatoms. The Morgan fingerprint density at radius 1 is 1.25 bits per heavy atom. The SMILES string of the molecule is Cc1noc(C)c1S(=O)(=O)N(C)CC(C)(C)NC(=O)OC(C)(C)C. The monoisotopic (exact) mass is 361 g/mol. The Morgan fingerprint density at radius 2 is 1.79 bits per heavy atom. The molecule has 0 saturated carbocycles. The first kappa shape index (κ1) is 20.4. The van der Waals surface area contributed by atoms with E-state index in [-0.39, 0.29) is 17.2 Å². The van der Waals surface area contributed by atoms with Gasteiger partial charge in [0.1, 0.15) is 16.2 Å². The summed E-state index contributed by atoms with van der Waals surface area (Å²) in [6.45, 7) is 11.9. The van der Waals surface area contributed by atoms with Crippen LogP contribution < -0.4 is 5.32 Å². The van der Waals surface area contributed by atoms with Crippen LogP contribution in [-0.4, -0.2) is 48.7 Å². The lowest BCUT2D eigenvalue weighted by Crippen LogP contribution is -2.52. The predicted molar refractivity (Wildman–Crippen MR) is 89.2 cm³/mol. The highest BCUT2D eigenvalue weighted by atomic mass is 32.2. The topological polar surface area (TPSA) is 102 Å². The van der Waals surface area contributed by atoms with Crippen molar-refractivity contribution in [3.63, 3.8) is 0 Å². The molecule has 1 aromatic heterocycles. The predicted octanol–water partition coefficient (Wildman–Crippen LogP) is 2.22. The summed E-state index contributed by atoms with van der Waals surface area (Å²) in [4.78, 5) is 12.0. The van der Waals surface area contributed by atoms with Gasteiger partial charge in [0.05, 0.1) is 5.54 Å². The molecule has 0 fully saturated rings. The van der Waals surface area contributed by atoms with Crippen LogP contribution in [0.5, 0.6) is 0 Å². The third kappa shape index (κ3) is 5.20. The highest BCUT2D eigenvalue weighted by Crippen LogP contribution is 2.23. The van der Waals surface area contributed by atoms with E-state index < -0.39 is 27.3 Å². The third-order valence-corrected chi connectivity index (χ3v) is 5.14. The number of alkyl carbamates (subject to hydrolysis) is 1. The number of hydrogen-bond donors (Lipinski definition) is 1. The van der Waals surface area contributed by atoms with Crippen molar-refractivity contribution in [2.24, 2.45) is 0 Å². The zero-order chi connectivity index (χ0) is 18.9. The number of carbonyl (C=O) groups excluding carboxylic acids is 1. The summed E-state index contributed by atoms with van der Waals surface area (Å²) in [5.74, 6) is 0.234. The van der Waals surface area contributed by atoms with E-state index in [0.717, 1.165) is 4.31 Å². The van der Waals surface area contributed by atoms with E-state index in [1.165, 1.54) is 7.05 Å². The van der Waals surface area contributed by atoms with Crippen molar-refractivity contribution in [3.05, 3.63) is 11.5 Å². The number of rotatable bonds is 5. The first-order valence-electron chi connectivity index (χ1n) is 7.56. The van der Waals surface area contributed by atoms with Crippen LogP contribution in [-0.2, 0) is 14.8 Å². The van der Waals surface area contributed by atoms with E-state index in [4.69, 9.17) is 9.26 Å². The minimum atomic E-state index is -3.78. The normalized spacial score (nSPS) is 13.2. The van der Waals surface area contributed by atoms with Crippen molar-refractivity contribution in [1.29, 1.82) is 0 Å². The Morgan fingerprint density at radius 3 is 2.21 bits per heavy atom. The first-order chi connectivity index (χ1) is 10.7. The molecule has 138 valence electrons. The van der Waals surface area contributed by atoms with Crippen molar-refractivity contribution in [1.82, 2.24) is 14.8 Å². The van der Waals surface area contributed by atoms with Gasteiger partial charge in [-0.1, -0.05) is 5.16 Å². The number of aryl methyl sites for hydroxylation is 2. The molecule has 1 heterocycles. The van der Waals surface area contributed by atoms with Gasteiger partial charge in [-0.3, -0.25) is 0 Å². The molecule has 0 saturated heterocycles. The van der Waals surface area contributed by atoms with Gasteiger partial charge in [-0.05, 0) is 48.5 Å². The summed E-state index contributed by atoms with van der Waals surface area (Å²) in [7, 11) is -2.33. The molecule has 1 N–H and O–H groups in total. The minimum Gasteiger partial charge on any atom is -0.444 e. The van der Waals surface area contributed by atoms with E-state index in [9.17, 15) is 13.2 Å². The highest BCUT2D eigenvalue weighted by Gasteiger charge is 2.33. The Hall–Kier alpha value is -1.61. The molecule has 0 aliphatic carbocycles. The van der Waals surface area contributed by atoms with Gasteiger partial charge < -0.3 is 14.6 Å². The number of carbonyl (C=O) groups is 1. The second-order valence-electron chi connectivity index (χ2n) is 7.43. The maximum absolute atomic E-state index is 12.7. The van der Waals surface area contributed by atoms with E-state index in [0.29, 0.717) is 5.69 Å². The lowest BCUT2D eigenvalue weighted by molar-refractivity contribution is 0.0464. The quantitative estimate of drug-likeness (QED) is 0.863. The van der Waals surface area contributed by atoms with Crippen LogP contribution in [0.1, 0.15) is 46.1 Å². The smallest absolute Gasteiger partial charge is 0.408 e. The molecular weight excluding hydrogens is 334 g/mol. The summed E-state index contributed by atoms with van der Waals surface area (Å²) < 4.78 is 36.7. The van der Waals surface area contributed by atoms with Crippen LogP contribution in [0.4, 0.5) is 4.79 Å². The maximum atomic E-state index is 12.7. The lowest BCUT2D eigenvalue weighted by atomic mass is 10.1. The number of likely N-dealkylation sites (N-methyl/N-ethyl adjacent to an activating group) is 1. The van der Waals surface area contributed by atoms with Crippen LogP contribution >= 0.6 is 0 Å². The summed E-state index contributed by atoms with van der Waals surface area (Å²) >= 11 is 0. The standard InChI is InChI=1S/C15H27N3O5S/c1-10-12(11(2)23-17-10)24(20,21)18(8)9-15(6,7)16-13(19)22-14(3,4)5/h9H2,1-8H3,(H,16,19). The first-order valence-corrected chi connectivity index (χ1v) is 9.00.